The molecule has 4 rings (SSSR count). The molecule has 6 heteroatoms. The molecule has 1 aromatic heterocycles. The molecular formula is C21H30IN5. The molecule has 0 unspecified atom stereocenters. The van der Waals surface area contributed by atoms with Gasteiger partial charge in [0.2, 0.25) is 0 Å². The van der Waals surface area contributed by atoms with Crippen LogP contribution >= 0.6 is 24.0 Å². The van der Waals surface area contributed by atoms with Gasteiger partial charge in [0.05, 0.1) is 5.52 Å². The van der Waals surface area contributed by atoms with E-state index in [4.69, 9.17) is 4.98 Å². The van der Waals surface area contributed by atoms with E-state index in [0.29, 0.717) is 5.41 Å². The van der Waals surface area contributed by atoms with Crippen molar-refractivity contribution in [2.24, 2.45) is 10.4 Å². The molecule has 1 aliphatic carbocycles. The van der Waals surface area contributed by atoms with Crippen LogP contribution in [0.4, 0.5) is 5.82 Å². The average molecular weight is 479 g/mol. The third-order valence-electron chi connectivity index (χ3n) is 6.05. The van der Waals surface area contributed by atoms with Crippen molar-refractivity contribution in [2.45, 2.75) is 32.2 Å². The quantitative estimate of drug-likeness (QED) is 0.413. The number of benzene rings is 1. The highest BCUT2D eigenvalue weighted by Gasteiger charge is 2.43. The van der Waals surface area contributed by atoms with E-state index in [-0.39, 0.29) is 24.0 Å². The van der Waals surface area contributed by atoms with Crippen molar-refractivity contribution in [1.29, 1.82) is 0 Å². The minimum atomic E-state index is 0. The highest BCUT2D eigenvalue weighted by Crippen LogP contribution is 2.47. The molecule has 2 fully saturated rings. The van der Waals surface area contributed by atoms with Crippen LogP contribution in [0.15, 0.2) is 35.3 Å². The van der Waals surface area contributed by atoms with Crippen molar-refractivity contribution < 1.29 is 0 Å². The molecule has 2 aliphatic rings. The van der Waals surface area contributed by atoms with Gasteiger partial charge in [-0.3, -0.25) is 4.99 Å². The van der Waals surface area contributed by atoms with E-state index in [2.05, 4.69) is 44.4 Å². The van der Waals surface area contributed by atoms with Crippen molar-refractivity contribution in [1.82, 2.24) is 15.2 Å². The van der Waals surface area contributed by atoms with Crippen molar-refractivity contribution >= 4 is 46.7 Å². The van der Waals surface area contributed by atoms with Crippen molar-refractivity contribution in [2.75, 3.05) is 39.1 Å². The monoisotopic (exact) mass is 479 g/mol. The van der Waals surface area contributed by atoms with Crippen LogP contribution in [0.3, 0.4) is 0 Å². The summed E-state index contributed by atoms with van der Waals surface area (Å²) in [6.07, 6.45) is 5.50. The molecular weight excluding hydrogens is 449 g/mol. The van der Waals surface area contributed by atoms with Crippen LogP contribution in [0.2, 0.25) is 0 Å². The number of halogens is 1. The van der Waals surface area contributed by atoms with Gasteiger partial charge >= 0.3 is 0 Å². The molecule has 0 radical (unpaired) electrons. The Balaban J connectivity index is 0.00000210. The fourth-order valence-electron chi connectivity index (χ4n) is 4.31. The summed E-state index contributed by atoms with van der Waals surface area (Å²) in [4.78, 5) is 13.8. The first kappa shape index (κ1) is 20.2. The second-order valence-corrected chi connectivity index (χ2v) is 7.98. The minimum Gasteiger partial charge on any atom is -0.363 e. The molecule has 1 saturated heterocycles. The van der Waals surface area contributed by atoms with E-state index < -0.39 is 0 Å². The molecule has 1 N–H and O–H groups in total. The van der Waals surface area contributed by atoms with E-state index in [9.17, 15) is 0 Å². The van der Waals surface area contributed by atoms with Gasteiger partial charge in [0.15, 0.2) is 5.96 Å². The normalized spacial score (nSPS) is 18.3. The highest BCUT2D eigenvalue weighted by atomic mass is 127. The van der Waals surface area contributed by atoms with Crippen LogP contribution < -0.4 is 10.2 Å². The first-order chi connectivity index (χ1) is 12.6. The van der Waals surface area contributed by atoms with Crippen LogP contribution in [-0.4, -0.2) is 50.1 Å². The molecule has 0 atom stereocenters. The summed E-state index contributed by atoms with van der Waals surface area (Å²) >= 11 is 0. The summed E-state index contributed by atoms with van der Waals surface area (Å²) in [6, 6.07) is 10.5. The molecule has 1 aromatic carbocycles. The molecule has 1 spiro atoms. The van der Waals surface area contributed by atoms with E-state index in [1.54, 1.807) is 0 Å². The van der Waals surface area contributed by atoms with Gasteiger partial charge in [0.1, 0.15) is 5.82 Å². The molecule has 1 aliphatic heterocycles. The zero-order valence-electron chi connectivity index (χ0n) is 16.5. The maximum Gasteiger partial charge on any atom is 0.193 e. The van der Waals surface area contributed by atoms with Gasteiger partial charge in [0.25, 0.3) is 0 Å². The van der Waals surface area contributed by atoms with E-state index in [0.717, 1.165) is 36.9 Å². The molecule has 0 bridgehead atoms. The van der Waals surface area contributed by atoms with Crippen LogP contribution in [0.1, 0.15) is 31.2 Å². The lowest BCUT2D eigenvalue weighted by atomic mass is 9.68. The Morgan fingerprint density at radius 2 is 2.04 bits per heavy atom. The van der Waals surface area contributed by atoms with Crippen LogP contribution in [0.5, 0.6) is 0 Å². The molecule has 1 saturated carbocycles. The third-order valence-corrected chi connectivity index (χ3v) is 6.05. The SMILES string of the molecule is CN=C(NCc1cc(N(C)C)nc2ccccc12)N1CCC2(CCC2)C1.I. The first-order valence-corrected chi connectivity index (χ1v) is 9.62. The smallest absolute Gasteiger partial charge is 0.193 e. The Labute approximate surface area is 179 Å². The van der Waals surface area contributed by atoms with Gasteiger partial charge in [-0.15, -0.1) is 24.0 Å². The second kappa shape index (κ2) is 8.20. The average Bonchev–Trinajstić information content (AvgIpc) is 3.08. The number of para-hydroxylation sites is 1. The summed E-state index contributed by atoms with van der Waals surface area (Å²) < 4.78 is 0. The van der Waals surface area contributed by atoms with Crippen LogP contribution in [-0.2, 0) is 6.54 Å². The Morgan fingerprint density at radius 3 is 2.67 bits per heavy atom. The number of hydrogen-bond acceptors (Lipinski definition) is 3. The minimum absolute atomic E-state index is 0. The summed E-state index contributed by atoms with van der Waals surface area (Å²) in [5, 5.41) is 4.81. The van der Waals surface area contributed by atoms with Gasteiger partial charge in [-0.1, -0.05) is 24.6 Å². The molecule has 5 nitrogen and oxygen atoms in total. The number of nitrogens with zero attached hydrogens (tertiary/aromatic N) is 4. The van der Waals surface area contributed by atoms with Gasteiger partial charge in [0, 0.05) is 46.2 Å². The summed E-state index contributed by atoms with van der Waals surface area (Å²) in [6.45, 7) is 3.05. The second-order valence-electron chi connectivity index (χ2n) is 7.98. The van der Waals surface area contributed by atoms with Gasteiger partial charge < -0.3 is 15.1 Å². The van der Waals surface area contributed by atoms with E-state index in [1.165, 1.54) is 36.6 Å². The lowest BCUT2D eigenvalue weighted by molar-refractivity contribution is 0.151. The van der Waals surface area contributed by atoms with E-state index in [1.807, 2.05) is 27.2 Å². The predicted molar refractivity (Wildman–Crippen MR) is 124 cm³/mol. The zero-order chi connectivity index (χ0) is 18.1. The number of aliphatic imine (C=N–C) groups is 1. The third kappa shape index (κ3) is 4.00. The lowest BCUT2D eigenvalue weighted by Crippen LogP contribution is -2.42. The molecule has 2 heterocycles. The maximum atomic E-state index is 4.76. The van der Waals surface area contributed by atoms with Crippen molar-refractivity contribution in [3.8, 4) is 0 Å². The number of guanidine groups is 1. The van der Waals surface area contributed by atoms with Gasteiger partial charge in [-0.05, 0) is 42.4 Å². The van der Waals surface area contributed by atoms with Gasteiger partial charge in [-0.25, -0.2) is 4.98 Å². The number of likely N-dealkylation sites (tertiary alicyclic amines) is 1. The number of hydrogen-bond donors (Lipinski definition) is 1. The van der Waals surface area contributed by atoms with E-state index >= 15 is 0 Å². The first-order valence-electron chi connectivity index (χ1n) is 9.62. The lowest BCUT2D eigenvalue weighted by Gasteiger charge is -2.38. The Bertz CT molecular complexity index is 828. The number of fused-ring (bicyclic) bond motifs is 1. The highest BCUT2D eigenvalue weighted by molar-refractivity contribution is 14.0. The predicted octanol–water partition coefficient (Wildman–Crippen LogP) is 3.87. The van der Waals surface area contributed by atoms with Crippen molar-refractivity contribution in [3.63, 3.8) is 0 Å². The number of nitrogens with one attached hydrogen (secondary N) is 1. The number of aromatic nitrogens is 1. The Hall–Kier alpha value is -1.57. The Morgan fingerprint density at radius 1 is 1.26 bits per heavy atom. The molecule has 27 heavy (non-hydrogen) atoms. The fourth-order valence-corrected chi connectivity index (χ4v) is 4.31. The largest absolute Gasteiger partial charge is 0.363 e. The van der Waals surface area contributed by atoms with Crippen LogP contribution in [0.25, 0.3) is 10.9 Å². The Kier molecular flexibility index (Phi) is 6.13. The molecule has 2 aromatic rings. The maximum absolute atomic E-state index is 4.76. The van der Waals surface area contributed by atoms with Crippen LogP contribution in [0, 0.1) is 5.41 Å². The number of pyridine rings is 1. The molecule has 146 valence electrons. The summed E-state index contributed by atoms with van der Waals surface area (Å²) in [5.74, 6) is 2.02. The topological polar surface area (TPSA) is 43.8 Å². The summed E-state index contributed by atoms with van der Waals surface area (Å²) in [7, 11) is 5.97. The zero-order valence-corrected chi connectivity index (χ0v) is 18.9. The molecule has 0 amide bonds. The standard InChI is InChI=1S/C21H29N5.HI/c1-22-20(26-12-11-21(15-26)9-6-10-21)23-14-16-13-19(25(2)3)24-18-8-5-4-7-17(16)18;/h4-5,7-8,13H,6,9-12,14-15H2,1-3H3,(H,22,23);1H. The summed E-state index contributed by atoms with van der Waals surface area (Å²) in [5.41, 5.74) is 2.89. The van der Waals surface area contributed by atoms with Gasteiger partial charge in [-0.2, -0.15) is 0 Å². The van der Waals surface area contributed by atoms with Crippen molar-refractivity contribution in [3.05, 3.63) is 35.9 Å². The number of anilines is 1. The fraction of sp³-hybridized carbons (Fsp3) is 0.524. The number of rotatable bonds is 3.